The van der Waals surface area contributed by atoms with Gasteiger partial charge in [-0.1, -0.05) is 26.0 Å². The van der Waals surface area contributed by atoms with Crippen molar-refractivity contribution in [1.82, 2.24) is 20.1 Å². The molecule has 1 amide bonds. The van der Waals surface area contributed by atoms with E-state index in [1.165, 1.54) is 11.9 Å². The number of amides is 1. The third-order valence-electron chi connectivity index (χ3n) is 3.19. The molecule has 0 saturated carbocycles. The number of nitrogens with one attached hydrogen (secondary N) is 1. The molecule has 0 aliphatic rings. The molecule has 0 spiro atoms. The molecule has 0 saturated heterocycles. The van der Waals surface area contributed by atoms with Gasteiger partial charge in [0.15, 0.2) is 6.61 Å². The summed E-state index contributed by atoms with van der Waals surface area (Å²) < 4.78 is 5.51. The van der Waals surface area contributed by atoms with Crippen molar-refractivity contribution in [3.8, 4) is 5.75 Å². The second-order valence-electron chi connectivity index (χ2n) is 5.19. The van der Waals surface area contributed by atoms with Crippen molar-refractivity contribution < 1.29 is 9.53 Å². The Balaban J connectivity index is 1.83. The molecule has 0 bridgehead atoms. The van der Waals surface area contributed by atoms with Gasteiger partial charge < -0.3 is 9.64 Å². The highest BCUT2D eigenvalue weighted by atomic mass is 16.5. The van der Waals surface area contributed by atoms with Crippen LogP contribution in [0.5, 0.6) is 5.75 Å². The number of likely N-dealkylation sites (N-methyl/N-ethyl adjacent to an activating group) is 1. The molecule has 0 radical (unpaired) electrons. The Labute approximate surface area is 124 Å². The first kappa shape index (κ1) is 15.0. The van der Waals surface area contributed by atoms with Crippen LogP contribution >= 0.6 is 0 Å². The number of nitrogens with zero attached hydrogens (tertiary/aromatic N) is 3. The Morgan fingerprint density at radius 1 is 1.33 bits per heavy atom. The van der Waals surface area contributed by atoms with Crippen molar-refractivity contribution in [3.63, 3.8) is 0 Å². The summed E-state index contributed by atoms with van der Waals surface area (Å²) in [6.07, 6.45) is 1.42. The van der Waals surface area contributed by atoms with Gasteiger partial charge in [-0.25, -0.2) is 4.98 Å². The molecule has 6 nitrogen and oxygen atoms in total. The SMILES string of the molecule is CC(C)c1ccc(OCC(=O)N(C)Cc2ncn[nH]2)cc1. The van der Waals surface area contributed by atoms with Crippen LogP contribution in [-0.2, 0) is 11.3 Å². The van der Waals surface area contributed by atoms with Crippen molar-refractivity contribution in [2.45, 2.75) is 26.3 Å². The predicted octanol–water partition coefficient (Wildman–Crippen LogP) is 1.97. The molecule has 2 aromatic rings. The largest absolute Gasteiger partial charge is 0.484 e. The molecule has 6 heteroatoms. The van der Waals surface area contributed by atoms with Crippen molar-refractivity contribution in [1.29, 1.82) is 0 Å². The standard InChI is InChI=1S/C15H20N4O2/c1-11(2)12-4-6-13(7-5-12)21-9-15(20)19(3)8-14-16-10-17-18-14/h4-7,10-11H,8-9H2,1-3H3,(H,16,17,18). The quantitative estimate of drug-likeness (QED) is 0.882. The topological polar surface area (TPSA) is 71.1 Å². The van der Waals surface area contributed by atoms with Crippen LogP contribution in [0.15, 0.2) is 30.6 Å². The molecule has 0 aliphatic carbocycles. The fourth-order valence-electron chi connectivity index (χ4n) is 1.82. The van der Waals surface area contributed by atoms with Crippen LogP contribution in [0.3, 0.4) is 0 Å². The zero-order valence-electron chi connectivity index (χ0n) is 12.5. The zero-order chi connectivity index (χ0) is 15.2. The van der Waals surface area contributed by atoms with Crippen LogP contribution < -0.4 is 4.74 Å². The third-order valence-corrected chi connectivity index (χ3v) is 3.19. The number of carbonyl (C=O) groups excluding carboxylic acids is 1. The van der Waals surface area contributed by atoms with E-state index >= 15 is 0 Å². The molecule has 2 rings (SSSR count). The molecule has 112 valence electrons. The fourth-order valence-corrected chi connectivity index (χ4v) is 1.82. The number of benzene rings is 1. The molecule has 1 aromatic heterocycles. The van der Waals surface area contributed by atoms with E-state index in [2.05, 4.69) is 29.0 Å². The zero-order valence-corrected chi connectivity index (χ0v) is 12.5. The monoisotopic (exact) mass is 288 g/mol. The minimum atomic E-state index is -0.112. The van der Waals surface area contributed by atoms with Crippen LogP contribution in [0.2, 0.25) is 0 Å². The van der Waals surface area contributed by atoms with Crippen LogP contribution in [0.4, 0.5) is 0 Å². The van der Waals surface area contributed by atoms with E-state index in [1.807, 2.05) is 24.3 Å². The Morgan fingerprint density at radius 2 is 2.05 bits per heavy atom. The van der Waals surface area contributed by atoms with E-state index in [0.717, 1.165) is 0 Å². The molecule has 1 N–H and O–H groups in total. The van der Waals surface area contributed by atoms with E-state index < -0.39 is 0 Å². The number of aromatic amines is 1. The van der Waals surface area contributed by atoms with Crippen LogP contribution in [0, 0.1) is 0 Å². The number of carbonyl (C=O) groups is 1. The highest BCUT2D eigenvalue weighted by Crippen LogP contribution is 2.18. The van der Waals surface area contributed by atoms with Gasteiger partial charge in [0.05, 0.1) is 6.54 Å². The molecule has 0 atom stereocenters. The summed E-state index contributed by atoms with van der Waals surface area (Å²) in [7, 11) is 1.70. The first-order valence-corrected chi connectivity index (χ1v) is 6.87. The second kappa shape index (κ2) is 6.88. The number of ether oxygens (including phenoxy) is 1. The van der Waals surface area contributed by atoms with Crippen LogP contribution in [-0.4, -0.2) is 39.6 Å². The summed E-state index contributed by atoms with van der Waals surface area (Å²) in [4.78, 5) is 17.5. The van der Waals surface area contributed by atoms with Crippen molar-refractivity contribution >= 4 is 5.91 Å². The average Bonchev–Trinajstić information content (AvgIpc) is 2.98. The summed E-state index contributed by atoms with van der Waals surface area (Å²) in [5.74, 6) is 1.71. The highest BCUT2D eigenvalue weighted by Gasteiger charge is 2.11. The molecular weight excluding hydrogens is 268 g/mol. The van der Waals surface area contributed by atoms with Gasteiger partial charge >= 0.3 is 0 Å². The van der Waals surface area contributed by atoms with Crippen molar-refractivity contribution in [2.75, 3.05) is 13.7 Å². The van der Waals surface area contributed by atoms with Gasteiger partial charge in [0.2, 0.25) is 0 Å². The average molecular weight is 288 g/mol. The molecule has 1 heterocycles. The van der Waals surface area contributed by atoms with Gasteiger partial charge in [0.1, 0.15) is 17.9 Å². The van der Waals surface area contributed by atoms with Gasteiger partial charge in [-0.15, -0.1) is 0 Å². The number of H-pyrrole nitrogens is 1. The van der Waals surface area contributed by atoms with E-state index in [4.69, 9.17) is 4.74 Å². The van der Waals surface area contributed by atoms with Crippen molar-refractivity contribution in [3.05, 3.63) is 42.0 Å². The van der Waals surface area contributed by atoms with Crippen LogP contribution in [0.25, 0.3) is 0 Å². The summed E-state index contributed by atoms with van der Waals surface area (Å²) in [6, 6.07) is 7.81. The third kappa shape index (κ3) is 4.30. The maximum Gasteiger partial charge on any atom is 0.260 e. The number of hydrogen-bond donors (Lipinski definition) is 1. The predicted molar refractivity (Wildman–Crippen MR) is 78.9 cm³/mol. The molecule has 1 aromatic carbocycles. The maximum atomic E-state index is 12.0. The van der Waals surface area contributed by atoms with Gasteiger partial charge in [0, 0.05) is 7.05 Å². The molecule has 0 aliphatic heterocycles. The minimum absolute atomic E-state index is 0.00562. The summed E-state index contributed by atoms with van der Waals surface area (Å²) >= 11 is 0. The number of aromatic nitrogens is 3. The van der Waals surface area contributed by atoms with Gasteiger partial charge in [0.25, 0.3) is 5.91 Å². The van der Waals surface area contributed by atoms with Gasteiger partial charge in [-0.2, -0.15) is 5.10 Å². The lowest BCUT2D eigenvalue weighted by Crippen LogP contribution is -2.31. The lowest BCUT2D eigenvalue weighted by Gasteiger charge is -2.16. The first-order valence-electron chi connectivity index (χ1n) is 6.87. The molecule has 21 heavy (non-hydrogen) atoms. The van der Waals surface area contributed by atoms with Crippen molar-refractivity contribution in [2.24, 2.45) is 0 Å². The summed E-state index contributed by atoms with van der Waals surface area (Å²) in [5.41, 5.74) is 1.25. The highest BCUT2D eigenvalue weighted by molar-refractivity contribution is 5.77. The van der Waals surface area contributed by atoms with Gasteiger partial charge in [-0.05, 0) is 23.6 Å². The Hall–Kier alpha value is -2.37. The lowest BCUT2D eigenvalue weighted by atomic mass is 10.0. The second-order valence-corrected chi connectivity index (χ2v) is 5.19. The normalized spacial score (nSPS) is 10.7. The molecule has 0 fully saturated rings. The van der Waals surface area contributed by atoms with Crippen LogP contribution in [0.1, 0.15) is 31.2 Å². The van der Waals surface area contributed by atoms with E-state index in [-0.39, 0.29) is 12.5 Å². The van der Waals surface area contributed by atoms with E-state index in [9.17, 15) is 4.79 Å². The first-order chi connectivity index (χ1) is 10.1. The number of rotatable bonds is 6. The minimum Gasteiger partial charge on any atom is -0.484 e. The van der Waals surface area contributed by atoms with Gasteiger partial charge in [-0.3, -0.25) is 9.89 Å². The number of hydrogen-bond acceptors (Lipinski definition) is 4. The Bertz CT molecular complexity index is 564. The Kier molecular flexibility index (Phi) is 4.92. The lowest BCUT2D eigenvalue weighted by molar-refractivity contribution is -0.132. The smallest absolute Gasteiger partial charge is 0.260 e. The molecular formula is C15H20N4O2. The Morgan fingerprint density at radius 3 is 2.62 bits per heavy atom. The van der Waals surface area contributed by atoms with E-state index in [1.54, 1.807) is 11.9 Å². The maximum absolute atomic E-state index is 12.0. The molecule has 0 unspecified atom stereocenters. The van der Waals surface area contributed by atoms with E-state index in [0.29, 0.717) is 24.0 Å². The fraction of sp³-hybridized carbons (Fsp3) is 0.400. The summed E-state index contributed by atoms with van der Waals surface area (Å²) in [6.45, 7) is 4.66. The summed E-state index contributed by atoms with van der Waals surface area (Å²) in [5, 5.41) is 6.46.